The van der Waals surface area contributed by atoms with E-state index < -0.39 is 41.8 Å². The van der Waals surface area contributed by atoms with Crippen LogP contribution in [0.1, 0.15) is 165 Å². The summed E-state index contributed by atoms with van der Waals surface area (Å²) in [4.78, 5) is 74.1. The van der Waals surface area contributed by atoms with Crippen molar-refractivity contribution >= 4 is 35.4 Å². The van der Waals surface area contributed by atoms with Gasteiger partial charge in [0.05, 0.1) is 40.6 Å². The van der Waals surface area contributed by atoms with E-state index in [2.05, 4.69) is 55.4 Å². The van der Waals surface area contributed by atoms with Gasteiger partial charge < -0.3 is 29.2 Å². The van der Waals surface area contributed by atoms with Crippen molar-refractivity contribution in [1.29, 1.82) is 0 Å². The Balaban J connectivity index is 0.000000206. The van der Waals surface area contributed by atoms with Gasteiger partial charge in [0.2, 0.25) is 0 Å². The topological polar surface area (TPSA) is 180 Å². The minimum atomic E-state index is -0.893. The molecule has 2 N–H and O–H groups in total. The maximum absolute atomic E-state index is 12.4. The fourth-order valence-corrected chi connectivity index (χ4v) is 19.1. The molecule has 0 aromatic heterocycles. The summed E-state index contributed by atoms with van der Waals surface area (Å²) in [7, 11) is 5.26. The van der Waals surface area contributed by atoms with E-state index in [0.717, 1.165) is 77.0 Å². The minimum Gasteiger partial charge on any atom is -0.468 e. The number of ketones is 2. The smallest absolute Gasteiger partial charge is 0.320 e. The number of aliphatic hydroxyl groups excluding tert-OH is 2. The molecule has 394 valence electrons. The van der Waals surface area contributed by atoms with Crippen molar-refractivity contribution < 1.29 is 57.9 Å². The minimum absolute atomic E-state index is 0.00954. The molecule has 8 aliphatic rings. The van der Waals surface area contributed by atoms with E-state index >= 15 is 0 Å². The molecule has 8 aliphatic carbocycles. The van der Waals surface area contributed by atoms with E-state index in [1.165, 1.54) is 34.0 Å². The SMILES string of the molecule is CC[C@@H]1C2=CC(=O)CC[C@]2(C)C2CC[C@@]3(C)C(CCC3[C@H](C)CC(C(=O)OC)C(=O)OC)C2[C@H]1O.CC[C@@H]1C2CC(=O)CC[C@]2(C)C2CC[C@@]3(C)C(CCC3[C@H](C)CC(C(=O)OC)C(=O)OC)C2[C@H]1O. The van der Waals surface area contributed by atoms with Gasteiger partial charge in [0, 0.05) is 25.2 Å². The summed E-state index contributed by atoms with van der Waals surface area (Å²) in [5.41, 5.74) is 1.45. The van der Waals surface area contributed by atoms with Crippen molar-refractivity contribution in [2.45, 2.75) is 177 Å². The van der Waals surface area contributed by atoms with Crippen molar-refractivity contribution in [1.82, 2.24) is 0 Å². The van der Waals surface area contributed by atoms with Crippen molar-refractivity contribution in [2.75, 3.05) is 28.4 Å². The number of carbonyl (C=O) groups is 6. The molecular weight excluding hydrogens is 889 g/mol. The number of methoxy groups -OCH3 is 4. The highest BCUT2D eigenvalue weighted by Gasteiger charge is 2.66. The summed E-state index contributed by atoms with van der Waals surface area (Å²) in [6.07, 6.45) is 16.1. The Hall–Kier alpha value is -3.12. The Morgan fingerprint density at radius 2 is 1.04 bits per heavy atom. The zero-order chi connectivity index (χ0) is 51.4. The maximum atomic E-state index is 12.4. The molecule has 12 nitrogen and oxygen atoms in total. The molecule has 0 spiro atoms. The van der Waals surface area contributed by atoms with Gasteiger partial charge >= 0.3 is 23.9 Å². The molecule has 0 radical (unpaired) electrons. The predicted octanol–water partition coefficient (Wildman–Crippen LogP) is 9.54. The van der Waals surface area contributed by atoms with Crippen LogP contribution >= 0.6 is 0 Å². The highest BCUT2D eigenvalue weighted by atomic mass is 16.5. The maximum Gasteiger partial charge on any atom is 0.320 e. The number of carbonyl (C=O) groups excluding carboxylic acids is 6. The number of esters is 4. The molecule has 70 heavy (non-hydrogen) atoms. The van der Waals surface area contributed by atoms with Gasteiger partial charge in [-0.25, -0.2) is 0 Å². The van der Waals surface area contributed by atoms with Crippen molar-refractivity contribution in [3.05, 3.63) is 11.6 Å². The first-order chi connectivity index (χ1) is 33.1. The number of hydrogen-bond acceptors (Lipinski definition) is 12. The Morgan fingerprint density at radius 3 is 1.50 bits per heavy atom. The van der Waals surface area contributed by atoms with Crippen LogP contribution in [-0.2, 0) is 47.7 Å². The quantitative estimate of drug-likeness (QED) is 0.108. The lowest BCUT2D eigenvalue weighted by atomic mass is 9.41. The van der Waals surface area contributed by atoms with E-state index in [4.69, 9.17) is 18.9 Å². The molecule has 9 unspecified atom stereocenters. The Labute approximate surface area is 419 Å². The average molecular weight is 979 g/mol. The van der Waals surface area contributed by atoms with Gasteiger partial charge in [-0.1, -0.05) is 67.4 Å². The first kappa shape index (κ1) is 54.6. The second-order valence-corrected chi connectivity index (χ2v) is 25.1. The predicted molar refractivity (Wildman–Crippen MR) is 264 cm³/mol. The third kappa shape index (κ3) is 9.07. The molecule has 0 aromatic rings. The fraction of sp³-hybridized carbons (Fsp3) is 0.862. The van der Waals surface area contributed by atoms with E-state index in [1.807, 2.05) is 6.08 Å². The van der Waals surface area contributed by atoms with Crippen LogP contribution in [0.15, 0.2) is 11.6 Å². The first-order valence-corrected chi connectivity index (χ1v) is 27.5. The molecule has 0 saturated heterocycles. The number of Topliss-reactive ketones (excluding diaryl/α,β-unsaturated/α-hetero) is 1. The lowest BCUT2D eigenvalue weighted by Crippen LogP contribution is -2.62. The molecule has 0 aromatic carbocycles. The molecule has 0 bridgehead atoms. The molecule has 0 amide bonds. The summed E-state index contributed by atoms with van der Waals surface area (Å²) in [6.45, 7) is 18.2. The zero-order valence-electron chi connectivity index (χ0n) is 44.9. The van der Waals surface area contributed by atoms with Crippen LogP contribution in [0.4, 0.5) is 0 Å². The molecule has 7 saturated carbocycles. The number of fused-ring (bicyclic) bond motifs is 10. The van der Waals surface area contributed by atoms with Crippen LogP contribution in [0, 0.1) is 110 Å². The van der Waals surface area contributed by atoms with Crippen molar-refractivity contribution in [3.63, 3.8) is 0 Å². The van der Waals surface area contributed by atoms with Crippen molar-refractivity contribution in [2.24, 2.45) is 110 Å². The second kappa shape index (κ2) is 21.0. The first-order valence-electron chi connectivity index (χ1n) is 27.5. The van der Waals surface area contributed by atoms with Gasteiger partial charge in [0.25, 0.3) is 0 Å². The molecule has 8 rings (SSSR count). The fourth-order valence-electron chi connectivity index (χ4n) is 19.1. The van der Waals surface area contributed by atoms with E-state index in [-0.39, 0.29) is 69.1 Å². The van der Waals surface area contributed by atoms with Gasteiger partial charge in [-0.2, -0.15) is 0 Å². The molecule has 7 fully saturated rings. The number of rotatable bonds is 12. The van der Waals surface area contributed by atoms with Gasteiger partial charge in [0.1, 0.15) is 5.78 Å². The average Bonchev–Trinajstić information content (AvgIpc) is 3.89. The van der Waals surface area contributed by atoms with Gasteiger partial charge in [-0.05, 0) is 182 Å². The standard InChI is InChI=1S/C29H46O6.C29H44O6/c2*1-7-18-23-15-17(30)10-12-29(23,4)22-11-13-28(3)20(8-9-21(28)24(22)25(18)31)16(2)14-19(26(32)34-5)27(33)35-6/h16,18-25,31H,7-15H2,1-6H3;15-16,18-22,24-25,31H,7-14H2,1-6H3/t16-,18-,20?,21?,22?,23?,24?,25+,28-,29-;16-,18-,20?,21?,22?,24?,25+,28-,29-/m11/s1. The Bertz CT molecular complexity index is 1980. The summed E-state index contributed by atoms with van der Waals surface area (Å²) >= 11 is 0. The third-order valence-electron chi connectivity index (χ3n) is 22.6. The monoisotopic (exact) mass is 979 g/mol. The van der Waals surface area contributed by atoms with E-state index in [0.29, 0.717) is 79.3 Å². The lowest BCUT2D eigenvalue weighted by Gasteiger charge is -2.64. The van der Waals surface area contributed by atoms with Gasteiger partial charge in [-0.3, -0.25) is 28.8 Å². The van der Waals surface area contributed by atoms with Crippen LogP contribution in [0.5, 0.6) is 0 Å². The summed E-state index contributed by atoms with van der Waals surface area (Å²) in [5, 5.41) is 23.6. The largest absolute Gasteiger partial charge is 0.468 e. The number of ether oxygens (including phenoxy) is 4. The van der Waals surface area contributed by atoms with Crippen LogP contribution in [0.3, 0.4) is 0 Å². The second-order valence-electron chi connectivity index (χ2n) is 25.1. The molecule has 12 heteroatoms. The molecule has 19 atom stereocenters. The Kier molecular flexibility index (Phi) is 16.4. The van der Waals surface area contributed by atoms with Gasteiger partial charge in [0.15, 0.2) is 17.6 Å². The number of aliphatic hydroxyl groups is 2. The molecule has 0 heterocycles. The lowest BCUT2D eigenvalue weighted by molar-refractivity contribution is -0.194. The van der Waals surface area contributed by atoms with Crippen LogP contribution in [-0.4, -0.2) is 86.3 Å². The normalized spacial score (nSPS) is 42.5. The van der Waals surface area contributed by atoms with Gasteiger partial charge in [-0.15, -0.1) is 0 Å². The van der Waals surface area contributed by atoms with E-state index in [9.17, 15) is 39.0 Å². The third-order valence-corrected chi connectivity index (χ3v) is 22.6. The molecule has 0 aliphatic heterocycles. The highest BCUT2D eigenvalue weighted by Crippen LogP contribution is 2.71. The van der Waals surface area contributed by atoms with Crippen LogP contribution in [0.25, 0.3) is 0 Å². The summed E-state index contributed by atoms with van der Waals surface area (Å²) in [5.74, 6) is 0.507. The Morgan fingerprint density at radius 1 is 0.586 bits per heavy atom. The molecular formula is C58H90O12. The van der Waals surface area contributed by atoms with Crippen molar-refractivity contribution in [3.8, 4) is 0 Å². The number of hydrogen-bond donors (Lipinski definition) is 2. The van der Waals surface area contributed by atoms with E-state index in [1.54, 1.807) is 0 Å². The summed E-state index contributed by atoms with van der Waals surface area (Å²) in [6, 6.07) is 0. The summed E-state index contributed by atoms with van der Waals surface area (Å²) < 4.78 is 19.6. The van der Waals surface area contributed by atoms with Crippen LogP contribution < -0.4 is 0 Å². The van der Waals surface area contributed by atoms with Crippen LogP contribution in [0.2, 0.25) is 0 Å². The zero-order valence-corrected chi connectivity index (χ0v) is 44.9. The highest BCUT2D eigenvalue weighted by molar-refractivity contribution is 5.95.